The molecule has 0 unspecified atom stereocenters. The third-order valence-corrected chi connectivity index (χ3v) is 6.49. The zero-order chi connectivity index (χ0) is 18.9. The molecule has 1 aromatic heterocycles. The first-order valence-electron chi connectivity index (χ1n) is 9.15. The maximum atomic E-state index is 9.66. The number of anilines is 1. The van der Waals surface area contributed by atoms with E-state index in [9.17, 15) is 5.26 Å². The van der Waals surface area contributed by atoms with Gasteiger partial charge in [0.05, 0.1) is 5.56 Å². The molecule has 3 rings (SSSR count). The van der Waals surface area contributed by atoms with E-state index in [-0.39, 0.29) is 0 Å². The first-order valence-corrected chi connectivity index (χ1v) is 9.97. The molecule has 0 saturated carbocycles. The van der Waals surface area contributed by atoms with Crippen LogP contribution in [-0.2, 0) is 12.8 Å². The summed E-state index contributed by atoms with van der Waals surface area (Å²) in [6.45, 7) is 6.95. The van der Waals surface area contributed by atoms with E-state index >= 15 is 0 Å². The van der Waals surface area contributed by atoms with Crippen LogP contribution in [0.5, 0.6) is 0 Å². The maximum Gasteiger partial charge on any atom is 0.134 e. The van der Waals surface area contributed by atoms with Crippen molar-refractivity contribution in [3.05, 3.63) is 45.8 Å². The van der Waals surface area contributed by atoms with Gasteiger partial charge in [0.2, 0.25) is 0 Å². The molecule has 26 heavy (non-hydrogen) atoms. The van der Waals surface area contributed by atoms with Gasteiger partial charge in [-0.15, -0.1) is 11.3 Å². The SMILES string of the molecule is CN(C)c1ccc(C=Nc2sc3c(c2C#N)CC[C@@H](C(C)(C)C)C3)cc1. The molecule has 0 radical (unpaired) electrons. The van der Waals surface area contributed by atoms with Gasteiger partial charge in [0.1, 0.15) is 11.1 Å². The molecule has 1 aliphatic carbocycles. The molecule has 0 aliphatic heterocycles. The molecular weight excluding hydrogens is 338 g/mol. The first-order chi connectivity index (χ1) is 12.3. The average molecular weight is 366 g/mol. The Hall–Kier alpha value is -2.12. The lowest BCUT2D eigenvalue weighted by Gasteiger charge is -2.33. The zero-order valence-corrected chi connectivity index (χ0v) is 17.2. The lowest BCUT2D eigenvalue weighted by molar-refractivity contribution is 0.218. The molecule has 0 N–H and O–H groups in total. The summed E-state index contributed by atoms with van der Waals surface area (Å²) in [4.78, 5) is 8.11. The molecular formula is C22H27N3S. The zero-order valence-electron chi connectivity index (χ0n) is 16.3. The van der Waals surface area contributed by atoms with Crippen molar-refractivity contribution in [2.45, 2.75) is 40.0 Å². The van der Waals surface area contributed by atoms with Crippen molar-refractivity contribution in [2.75, 3.05) is 19.0 Å². The molecule has 1 atom stereocenters. The Labute approximate surface area is 161 Å². The first kappa shape index (κ1) is 18.7. The molecule has 136 valence electrons. The van der Waals surface area contributed by atoms with Crippen molar-refractivity contribution >= 4 is 28.2 Å². The molecule has 1 heterocycles. The van der Waals surface area contributed by atoms with Gasteiger partial charge in [0.15, 0.2) is 0 Å². The second kappa shape index (κ2) is 7.25. The Morgan fingerprint density at radius 2 is 1.92 bits per heavy atom. The number of fused-ring (bicyclic) bond motifs is 1. The van der Waals surface area contributed by atoms with E-state index in [0.717, 1.165) is 35.4 Å². The van der Waals surface area contributed by atoms with Crippen LogP contribution in [0, 0.1) is 22.7 Å². The number of thiophene rings is 1. The van der Waals surface area contributed by atoms with E-state index < -0.39 is 0 Å². The van der Waals surface area contributed by atoms with Crippen LogP contribution in [0.3, 0.4) is 0 Å². The fraction of sp³-hybridized carbons (Fsp3) is 0.455. The summed E-state index contributed by atoms with van der Waals surface area (Å²) in [6.07, 6.45) is 5.12. The summed E-state index contributed by atoms with van der Waals surface area (Å²) >= 11 is 1.71. The minimum atomic E-state index is 0.312. The van der Waals surface area contributed by atoms with Gasteiger partial charge in [-0.25, -0.2) is 4.99 Å². The van der Waals surface area contributed by atoms with Gasteiger partial charge in [-0.05, 0) is 53.9 Å². The second-order valence-electron chi connectivity index (χ2n) is 8.35. The van der Waals surface area contributed by atoms with Crippen LogP contribution in [0.1, 0.15) is 48.8 Å². The maximum absolute atomic E-state index is 9.66. The highest BCUT2D eigenvalue weighted by molar-refractivity contribution is 7.16. The second-order valence-corrected chi connectivity index (χ2v) is 9.43. The molecule has 3 nitrogen and oxygen atoms in total. The van der Waals surface area contributed by atoms with Gasteiger partial charge in [0, 0.05) is 30.9 Å². The van der Waals surface area contributed by atoms with Crippen LogP contribution in [0.25, 0.3) is 0 Å². The number of hydrogen-bond acceptors (Lipinski definition) is 4. The lowest BCUT2D eigenvalue weighted by atomic mass is 9.72. The van der Waals surface area contributed by atoms with E-state index in [4.69, 9.17) is 0 Å². The summed E-state index contributed by atoms with van der Waals surface area (Å²) in [5, 5.41) is 10.5. The van der Waals surface area contributed by atoms with Crippen LogP contribution in [-0.4, -0.2) is 20.3 Å². The Bertz CT molecular complexity index is 845. The van der Waals surface area contributed by atoms with E-state index in [1.807, 2.05) is 20.3 Å². The Balaban J connectivity index is 1.85. The molecule has 0 saturated heterocycles. The topological polar surface area (TPSA) is 39.4 Å². The smallest absolute Gasteiger partial charge is 0.134 e. The van der Waals surface area contributed by atoms with Crippen LogP contribution < -0.4 is 4.90 Å². The lowest BCUT2D eigenvalue weighted by Crippen LogP contribution is -2.26. The predicted molar refractivity (Wildman–Crippen MR) is 112 cm³/mol. The molecule has 4 heteroatoms. The van der Waals surface area contributed by atoms with Crippen molar-refractivity contribution in [2.24, 2.45) is 16.3 Å². The van der Waals surface area contributed by atoms with Gasteiger partial charge >= 0.3 is 0 Å². The minimum absolute atomic E-state index is 0.312. The molecule has 1 aromatic carbocycles. The number of aliphatic imine (C=N–C) groups is 1. The summed E-state index contributed by atoms with van der Waals surface area (Å²) in [5.74, 6) is 0.676. The van der Waals surface area contributed by atoms with Crippen LogP contribution >= 0.6 is 11.3 Å². The summed E-state index contributed by atoms with van der Waals surface area (Å²) in [7, 11) is 4.06. The Morgan fingerprint density at radius 1 is 1.23 bits per heavy atom. The molecule has 0 fully saturated rings. The molecule has 1 aliphatic rings. The van der Waals surface area contributed by atoms with Gasteiger partial charge < -0.3 is 4.90 Å². The molecule has 0 spiro atoms. The molecule has 0 amide bonds. The van der Waals surface area contributed by atoms with Crippen molar-refractivity contribution < 1.29 is 0 Å². The normalized spacial score (nSPS) is 17.2. The van der Waals surface area contributed by atoms with Crippen molar-refractivity contribution in [3.8, 4) is 6.07 Å². The van der Waals surface area contributed by atoms with Crippen molar-refractivity contribution in [1.82, 2.24) is 0 Å². The molecule has 0 bridgehead atoms. The predicted octanol–water partition coefficient (Wildman–Crippen LogP) is 5.59. The number of nitriles is 1. The monoisotopic (exact) mass is 365 g/mol. The number of nitrogens with zero attached hydrogens (tertiary/aromatic N) is 3. The van der Waals surface area contributed by atoms with Crippen LogP contribution in [0.15, 0.2) is 29.3 Å². The third kappa shape index (κ3) is 3.83. The highest BCUT2D eigenvalue weighted by Crippen LogP contribution is 2.44. The van der Waals surface area contributed by atoms with Crippen molar-refractivity contribution in [3.63, 3.8) is 0 Å². The number of hydrogen-bond donors (Lipinski definition) is 0. The molecule has 2 aromatic rings. The highest BCUT2D eigenvalue weighted by Gasteiger charge is 2.32. The van der Waals surface area contributed by atoms with Crippen molar-refractivity contribution in [1.29, 1.82) is 5.26 Å². The number of rotatable bonds is 3. The van der Waals surface area contributed by atoms with E-state index in [1.165, 1.54) is 16.1 Å². The summed E-state index contributed by atoms with van der Waals surface area (Å²) < 4.78 is 0. The van der Waals surface area contributed by atoms with E-state index in [1.54, 1.807) is 11.3 Å². The Morgan fingerprint density at radius 3 is 2.50 bits per heavy atom. The van der Waals surface area contributed by atoms with E-state index in [2.05, 4.69) is 61.0 Å². The highest BCUT2D eigenvalue weighted by atomic mass is 32.1. The van der Waals surface area contributed by atoms with Crippen LogP contribution in [0.4, 0.5) is 10.7 Å². The fourth-order valence-corrected chi connectivity index (χ4v) is 4.73. The van der Waals surface area contributed by atoms with Crippen LogP contribution in [0.2, 0.25) is 0 Å². The Kier molecular flexibility index (Phi) is 5.20. The van der Waals surface area contributed by atoms with E-state index in [0.29, 0.717) is 11.3 Å². The van der Waals surface area contributed by atoms with Gasteiger partial charge in [-0.3, -0.25) is 0 Å². The number of benzene rings is 1. The average Bonchev–Trinajstić information content (AvgIpc) is 2.96. The van der Waals surface area contributed by atoms with Gasteiger partial charge in [-0.1, -0.05) is 32.9 Å². The standard InChI is InChI=1S/C22H27N3S/c1-22(2,3)16-8-11-18-19(13-23)21(26-20(18)12-16)24-14-15-6-9-17(10-7-15)25(4)5/h6-7,9-10,14,16H,8,11-12H2,1-5H3/t16-/m1/s1. The largest absolute Gasteiger partial charge is 0.378 e. The summed E-state index contributed by atoms with van der Waals surface area (Å²) in [5.41, 5.74) is 4.57. The fourth-order valence-electron chi connectivity index (χ4n) is 3.51. The summed E-state index contributed by atoms with van der Waals surface area (Å²) in [6, 6.07) is 10.7. The quantitative estimate of drug-likeness (QED) is 0.665. The van der Waals surface area contributed by atoms with Gasteiger partial charge in [0.25, 0.3) is 0 Å². The van der Waals surface area contributed by atoms with Gasteiger partial charge in [-0.2, -0.15) is 5.26 Å². The third-order valence-electron chi connectivity index (χ3n) is 5.32. The minimum Gasteiger partial charge on any atom is -0.378 e.